The lowest BCUT2D eigenvalue weighted by atomic mass is 10.1. The number of aromatic amines is 1. The monoisotopic (exact) mass is 312 g/mol. The molecule has 1 fully saturated rings. The van der Waals surface area contributed by atoms with Crippen LogP contribution in [0.5, 0.6) is 0 Å². The number of H-pyrrole nitrogens is 1. The van der Waals surface area contributed by atoms with Crippen LogP contribution in [-0.4, -0.2) is 36.1 Å². The van der Waals surface area contributed by atoms with E-state index in [1.807, 2.05) is 10.8 Å². The fraction of sp³-hybridized carbons (Fsp3) is 0.333. The van der Waals surface area contributed by atoms with E-state index in [4.69, 9.17) is 0 Å². The van der Waals surface area contributed by atoms with E-state index in [-0.39, 0.29) is 23.7 Å². The summed E-state index contributed by atoms with van der Waals surface area (Å²) in [6.45, 7) is 0. The molecular weight excluding hydrogens is 296 g/mol. The Bertz CT molecular complexity index is 894. The topological polar surface area (TPSA) is 97.1 Å². The Kier molecular flexibility index (Phi) is 3.22. The molecule has 1 saturated carbocycles. The molecule has 0 aliphatic heterocycles. The lowest BCUT2D eigenvalue weighted by molar-refractivity contribution is 0.0928. The summed E-state index contributed by atoms with van der Waals surface area (Å²) >= 11 is 0. The van der Waals surface area contributed by atoms with Crippen molar-refractivity contribution >= 4 is 11.6 Å². The first-order chi connectivity index (χ1) is 11.2. The second kappa shape index (κ2) is 5.38. The van der Waals surface area contributed by atoms with Crippen molar-refractivity contribution in [2.75, 3.05) is 0 Å². The number of nitrogens with one attached hydrogen (secondary N) is 2. The lowest BCUT2D eigenvalue weighted by Gasteiger charge is -2.22. The molecule has 3 aromatic rings. The summed E-state index contributed by atoms with van der Waals surface area (Å²) in [5.41, 5.74) is 0.577. The van der Waals surface area contributed by atoms with E-state index in [0.717, 1.165) is 19.3 Å². The van der Waals surface area contributed by atoms with Gasteiger partial charge in [0.1, 0.15) is 0 Å². The van der Waals surface area contributed by atoms with Crippen LogP contribution in [-0.2, 0) is 0 Å². The molecule has 3 heterocycles. The maximum Gasteiger partial charge on any atom is 0.347 e. The molecule has 0 spiro atoms. The van der Waals surface area contributed by atoms with Gasteiger partial charge in [0.2, 0.25) is 0 Å². The number of rotatable bonds is 3. The van der Waals surface area contributed by atoms with E-state index in [2.05, 4.69) is 20.5 Å². The first kappa shape index (κ1) is 13.7. The molecule has 1 aliphatic carbocycles. The summed E-state index contributed by atoms with van der Waals surface area (Å²) in [6, 6.07) is 3.61. The molecule has 1 aliphatic rings. The van der Waals surface area contributed by atoms with Crippen LogP contribution < -0.4 is 11.0 Å². The van der Waals surface area contributed by atoms with Crippen molar-refractivity contribution in [2.24, 2.45) is 0 Å². The summed E-state index contributed by atoms with van der Waals surface area (Å²) in [4.78, 5) is 28.2. The summed E-state index contributed by atoms with van der Waals surface area (Å²) < 4.78 is 3.37. The molecule has 0 aromatic carbocycles. The number of fused-ring (bicyclic) bond motifs is 1. The van der Waals surface area contributed by atoms with E-state index in [0.29, 0.717) is 11.2 Å². The molecule has 3 aromatic heterocycles. The SMILES string of the molecule is O=C(N[C@@H]1CCC[C@@H]1n1ccnc1)c1ccc2n[nH]c(=O)n2c1. The van der Waals surface area contributed by atoms with Crippen molar-refractivity contribution in [3.8, 4) is 0 Å². The van der Waals surface area contributed by atoms with E-state index in [1.165, 1.54) is 10.6 Å². The summed E-state index contributed by atoms with van der Waals surface area (Å²) in [7, 11) is 0. The fourth-order valence-electron chi connectivity index (χ4n) is 3.22. The first-order valence-electron chi connectivity index (χ1n) is 7.57. The molecule has 2 atom stereocenters. The third kappa shape index (κ3) is 2.41. The number of imidazole rings is 1. The van der Waals surface area contributed by atoms with Gasteiger partial charge in [0.05, 0.1) is 17.9 Å². The molecule has 0 saturated heterocycles. The number of hydrogen-bond acceptors (Lipinski definition) is 4. The minimum Gasteiger partial charge on any atom is -0.347 e. The van der Waals surface area contributed by atoms with Crippen molar-refractivity contribution in [3.63, 3.8) is 0 Å². The van der Waals surface area contributed by atoms with Gasteiger partial charge in [0.25, 0.3) is 5.91 Å². The second-order valence-corrected chi connectivity index (χ2v) is 5.76. The van der Waals surface area contributed by atoms with Gasteiger partial charge in [-0.15, -0.1) is 0 Å². The maximum absolute atomic E-state index is 12.5. The van der Waals surface area contributed by atoms with Gasteiger partial charge in [-0.25, -0.2) is 19.3 Å². The van der Waals surface area contributed by atoms with E-state index in [1.54, 1.807) is 24.7 Å². The van der Waals surface area contributed by atoms with Crippen LogP contribution in [0.2, 0.25) is 0 Å². The summed E-state index contributed by atoms with van der Waals surface area (Å²) in [5, 5.41) is 9.28. The van der Waals surface area contributed by atoms with Crippen LogP contribution in [0.4, 0.5) is 0 Å². The Hall–Kier alpha value is -2.90. The van der Waals surface area contributed by atoms with Gasteiger partial charge in [0, 0.05) is 24.6 Å². The molecule has 8 nitrogen and oxygen atoms in total. The van der Waals surface area contributed by atoms with Crippen molar-refractivity contribution in [2.45, 2.75) is 31.3 Å². The highest BCUT2D eigenvalue weighted by Gasteiger charge is 2.29. The standard InChI is InChI=1S/C15H16N6O2/c22-14(10-4-5-13-18-19-15(23)21(13)8-10)17-11-2-1-3-12(11)20-7-6-16-9-20/h4-9,11-12H,1-3H2,(H,17,22)(H,19,23)/t11-,12+/m1/s1. The van der Waals surface area contributed by atoms with Gasteiger partial charge in [-0.1, -0.05) is 0 Å². The Balaban J connectivity index is 1.56. The molecule has 0 radical (unpaired) electrons. The predicted molar refractivity (Wildman–Crippen MR) is 82.2 cm³/mol. The second-order valence-electron chi connectivity index (χ2n) is 5.76. The lowest BCUT2D eigenvalue weighted by Crippen LogP contribution is -2.38. The Morgan fingerprint density at radius 1 is 1.35 bits per heavy atom. The first-order valence-corrected chi connectivity index (χ1v) is 7.57. The zero-order chi connectivity index (χ0) is 15.8. The van der Waals surface area contributed by atoms with Crippen LogP contribution in [0.1, 0.15) is 35.7 Å². The van der Waals surface area contributed by atoms with E-state index in [9.17, 15) is 9.59 Å². The van der Waals surface area contributed by atoms with Gasteiger partial charge in [-0.2, -0.15) is 5.10 Å². The third-order valence-corrected chi connectivity index (χ3v) is 4.38. The molecule has 8 heteroatoms. The smallest absolute Gasteiger partial charge is 0.347 e. The van der Waals surface area contributed by atoms with Gasteiger partial charge in [0.15, 0.2) is 5.65 Å². The van der Waals surface area contributed by atoms with Crippen molar-refractivity contribution in [1.29, 1.82) is 0 Å². The molecule has 118 valence electrons. The highest BCUT2D eigenvalue weighted by atomic mass is 16.2. The normalized spacial score (nSPS) is 20.9. The zero-order valence-electron chi connectivity index (χ0n) is 12.3. The maximum atomic E-state index is 12.5. The average molecular weight is 312 g/mol. The minimum absolute atomic E-state index is 0.0634. The number of carbonyl (C=O) groups excluding carboxylic acids is 1. The highest BCUT2D eigenvalue weighted by molar-refractivity contribution is 5.94. The Morgan fingerprint density at radius 2 is 2.26 bits per heavy atom. The van der Waals surface area contributed by atoms with Crippen LogP contribution in [0.25, 0.3) is 5.65 Å². The van der Waals surface area contributed by atoms with Gasteiger partial charge >= 0.3 is 5.69 Å². The van der Waals surface area contributed by atoms with Crippen LogP contribution >= 0.6 is 0 Å². The number of amides is 1. The molecule has 2 N–H and O–H groups in total. The Labute approximate surface area is 131 Å². The fourth-order valence-corrected chi connectivity index (χ4v) is 3.22. The van der Waals surface area contributed by atoms with E-state index >= 15 is 0 Å². The molecule has 0 unspecified atom stereocenters. The van der Waals surface area contributed by atoms with Gasteiger partial charge in [-0.3, -0.25) is 4.79 Å². The third-order valence-electron chi connectivity index (χ3n) is 4.38. The predicted octanol–water partition coefficient (Wildman–Crippen LogP) is 0.743. The van der Waals surface area contributed by atoms with Gasteiger partial charge < -0.3 is 9.88 Å². The number of hydrogen-bond donors (Lipinski definition) is 2. The number of nitrogens with zero attached hydrogens (tertiary/aromatic N) is 4. The van der Waals surface area contributed by atoms with Crippen molar-refractivity contribution < 1.29 is 4.79 Å². The number of aromatic nitrogens is 5. The van der Waals surface area contributed by atoms with E-state index < -0.39 is 0 Å². The quantitative estimate of drug-likeness (QED) is 0.745. The molecular formula is C15H16N6O2. The van der Waals surface area contributed by atoms with Crippen LogP contribution in [0.3, 0.4) is 0 Å². The van der Waals surface area contributed by atoms with Gasteiger partial charge in [-0.05, 0) is 31.4 Å². The van der Waals surface area contributed by atoms with Crippen molar-refractivity contribution in [3.05, 3.63) is 53.1 Å². The Morgan fingerprint density at radius 3 is 3.09 bits per heavy atom. The van der Waals surface area contributed by atoms with Crippen LogP contribution in [0.15, 0.2) is 41.8 Å². The molecule has 4 rings (SSSR count). The van der Waals surface area contributed by atoms with Crippen LogP contribution in [0, 0.1) is 0 Å². The molecule has 0 bridgehead atoms. The molecule has 1 amide bonds. The minimum atomic E-state index is -0.355. The molecule has 23 heavy (non-hydrogen) atoms. The zero-order valence-corrected chi connectivity index (χ0v) is 12.3. The number of carbonyl (C=O) groups is 1. The largest absolute Gasteiger partial charge is 0.347 e. The summed E-state index contributed by atoms with van der Waals surface area (Å²) in [5.74, 6) is -0.183. The average Bonchev–Trinajstić information content (AvgIpc) is 3.28. The summed E-state index contributed by atoms with van der Waals surface area (Å²) in [6.07, 6.45) is 9.98. The number of pyridine rings is 1. The highest BCUT2D eigenvalue weighted by Crippen LogP contribution is 2.30. The van der Waals surface area contributed by atoms with Crippen molar-refractivity contribution in [1.82, 2.24) is 29.5 Å².